The van der Waals surface area contributed by atoms with Crippen molar-refractivity contribution in [2.45, 2.75) is 51.1 Å². The number of hydrogen-bond donors (Lipinski definition) is 2. The van der Waals surface area contributed by atoms with E-state index in [0.717, 1.165) is 17.7 Å². The summed E-state index contributed by atoms with van der Waals surface area (Å²) in [6.45, 7) is 4.02. The SMILES string of the molecule is CC[C@H](NC(=O)N[C@@H](C)c1csc(C2CC2)n1)c1ccncc1. The third-order valence-electron chi connectivity index (χ3n) is 4.08. The van der Waals surface area contributed by atoms with E-state index < -0.39 is 0 Å². The second-order valence-electron chi connectivity index (χ2n) is 5.97. The van der Waals surface area contributed by atoms with Crippen LogP contribution in [0.4, 0.5) is 4.79 Å². The number of nitrogens with one attached hydrogen (secondary N) is 2. The van der Waals surface area contributed by atoms with Gasteiger partial charge in [-0.1, -0.05) is 6.92 Å². The first-order valence-corrected chi connectivity index (χ1v) is 8.97. The summed E-state index contributed by atoms with van der Waals surface area (Å²) < 4.78 is 0. The highest BCUT2D eigenvalue weighted by atomic mass is 32.1. The molecule has 2 N–H and O–H groups in total. The normalized spacial score (nSPS) is 16.6. The number of rotatable bonds is 6. The molecule has 0 aliphatic heterocycles. The molecule has 0 unspecified atom stereocenters. The maximum Gasteiger partial charge on any atom is 0.315 e. The molecule has 2 amide bonds. The molecule has 5 nitrogen and oxygen atoms in total. The quantitative estimate of drug-likeness (QED) is 0.843. The fourth-order valence-electron chi connectivity index (χ4n) is 2.50. The van der Waals surface area contributed by atoms with Crippen LogP contribution in [-0.4, -0.2) is 16.0 Å². The molecule has 2 heterocycles. The van der Waals surface area contributed by atoms with E-state index >= 15 is 0 Å². The van der Waals surface area contributed by atoms with Gasteiger partial charge in [0.15, 0.2) is 0 Å². The number of pyridine rings is 1. The van der Waals surface area contributed by atoms with Crippen molar-refractivity contribution in [3.63, 3.8) is 0 Å². The zero-order valence-corrected chi connectivity index (χ0v) is 14.3. The van der Waals surface area contributed by atoms with Crippen LogP contribution in [0.15, 0.2) is 29.9 Å². The summed E-state index contributed by atoms with van der Waals surface area (Å²) in [6, 6.07) is 3.60. The van der Waals surface area contributed by atoms with E-state index in [9.17, 15) is 4.79 Å². The van der Waals surface area contributed by atoms with Crippen LogP contribution in [0.25, 0.3) is 0 Å². The number of amides is 2. The van der Waals surface area contributed by atoms with Crippen molar-refractivity contribution in [1.29, 1.82) is 0 Å². The van der Waals surface area contributed by atoms with E-state index in [0.29, 0.717) is 5.92 Å². The summed E-state index contributed by atoms with van der Waals surface area (Å²) in [6.07, 6.45) is 6.82. The van der Waals surface area contributed by atoms with Gasteiger partial charge in [0.25, 0.3) is 0 Å². The van der Waals surface area contributed by atoms with Crippen LogP contribution in [0.3, 0.4) is 0 Å². The van der Waals surface area contributed by atoms with Crippen LogP contribution < -0.4 is 10.6 Å². The Bertz CT molecular complexity index is 654. The minimum Gasteiger partial charge on any atom is -0.331 e. The second kappa shape index (κ2) is 7.08. The van der Waals surface area contributed by atoms with Gasteiger partial charge in [0.2, 0.25) is 0 Å². The molecule has 3 rings (SSSR count). The number of urea groups is 1. The lowest BCUT2D eigenvalue weighted by molar-refractivity contribution is 0.233. The van der Waals surface area contributed by atoms with Crippen LogP contribution in [0.5, 0.6) is 0 Å². The van der Waals surface area contributed by atoms with Gasteiger partial charge in [-0.15, -0.1) is 11.3 Å². The van der Waals surface area contributed by atoms with Gasteiger partial charge in [-0.3, -0.25) is 4.98 Å². The first-order chi connectivity index (χ1) is 11.2. The lowest BCUT2D eigenvalue weighted by Crippen LogP contribution is -2.39. The second-order valence-corrected chi connectivity index (χ2v) is 6.86. The molecule has 0 spiro atoms. The number of carbonyl (C=O) groups is 1. The number of hydrogen-bond acceptors (Lipinski definition) is 4. The molecule has 122 valence electrons. The van der Waals surface area contributed by atoms with Gasteiger partial charge in [-0.05, 0) is 43.9 Å². The van der Waals surface area contributed by atoms with E-state index in [1.165, 1.54) is 17.8 Å². The predicted octanol–water partition coefficient (Wildman–Crippen LogP) is 3.93. The van der Waals surface area contributed by atoms with Crippen molar-refractivity contribution in [2.75, 3.05) is 0 Å². The molecule has 2 aromatic rings. The van der Waals surface area contributed by atoms with Crippen molar-refractivity contribution in [3.8, 4) is 0 Å². The Morgan fingerprint density at radius 2 is 2.09 bits per heavy atom. The van der Waals surface area contributed by atoms with Crippen molar-refractivity contribution in [2.24, 2.45) is 0 Å². The molecule has 23 heavy (non-hydrogen) atoms. The molecule has 0 bridgehead atoms. The van der Waals surface area contributed by atoms with Gasteiger partial charge in [0.1, 0.15) is 0 Å². The zero-order chi connectivity index (χ0) is 16.2. The first kappa shape index (κ1) is 15.9. The molecule has 1 aliphatic carbocycles. The Hall–Kier alpha value is -1.95. The average molecular weight is 330 g/mol. The molecule has 1 saturated carbocycles. The molecule has 2 aromatic heterocycles. The topological polar surface area (TPSA) is 66.9 Å². The average Bonchev–Trinajstić information content (AvgIpc) is 3.30. The van der Waals surface area contributed by atoms with Crippen molar-refractivity contribution in [3.05, 3.63) is 46.2 Å². The van der Waals surface area contributed by atoms with Gasteiger partial charge in [-0.25, -0.2) is 9.78 Å². The van der Waals surface area contributed by atoms with Crippen LogP contribution in [0.1, 0.15) is 67.4 Å². The summed E-state index contributed by atoms with van der Waals surface area (Å²) in [5, 5.41) is 9.27. The number of aromatic nitrogens is 2. The minimum atomic E-state index is -0.165. The van der Waals surface area contributed by atoms with Gasteiger partial charge in [-0.2, -0.15) is 0 Å². The Kier molecular flexibility index (Phi) is 4.91. The largest absolute Gasteiger partial charge is 0.331 e. The highest BCUT2D eigenvalue weighted by molar-refractivity contribution is 7.09. The molecular formula is C17H22N4OS. The van der Waals surface area contributed by atoms with Gasteiger partial charge < -0.3 is 10.6 Å². The maximum atomic E-state index is 12.3. The fourth-order valence-corrected chi connectivity index (χ4v) is 3.59. The first-order valence-electron chi connectivity index (χ1n) is 8.09. The predicted molar refractivity (Wildman–Crippen MR) is 91.4 cm³/mol. The van der Waals surface area contributed by atoms with E-state index in [2.05, 4.69) is 32.9 Å². The number of carbonyl (C=O) groups excluding carboxylic acids is 1. The highest BCUT2D eigenvalue weighted by Gasteiger charge is 2.27. The van der Waals surface area contributed by atoms with Crippen molar-refractivity contribution in [1.82, 2.24) is 20.6 Å². The molecule has 1 fully saturated rings. The van der Waals surface area contributed by atoms with E-state index in [1.807, 2.05) is 19.1 Å². The Labute approximate surface area is 140 Å². The summed E-state index contributed by atoms with van der Waals surface area (Å²) in [7, 11) is 0. The third-order valence-corrected chi connectivity index (χ3v) is 5.11. The Balaban J connectivity index is 1.56. The van der Waals surface area contributed by atoms with Gasteiger partial charge >= 0.3 is 6.03 Å². The third kappa shape index (κ3) is 4.07. The maximum absolute atomic E-state index is 12.3. The minimum absolute atomic E-state index is 0.0114. The molecular weight excluding hydrogens is 308 g/mol. The molecule has 0 saturated heterocycles. The Morgan fingerprint density at radius 3 is 2.74 bits per heavy atom. The summed E-state index contributed by atoms with van der Waals surface area (Å²) in [5.74, 6) is 0.658. The fraction of sp³-hybridized carbons (Fsp3) is 0.471. The molecule has 1 aliphatic rings. The van der Waals surface area contributed by atoms with Crippen LogP contribution >= 0.6 is 11.3 Å². The smallest absolute Gasteiger partial charge is 0.315 e. The zero-order valence-electron chi connectivity index (χ0n) is 13.5. The number of thiazole rings is 1. The lowest BCUT2D eigenvalue weighted by Gasteiger charge is -2.19. The van der Waals surface area contributed by atoms with Crippen LogP contribution in [-0.2, 0) is 0 Å². The molecule has 6 heteroatoms. The summed E-state index contributed by atoms with van der Waals surface area (Å²) in [4.78, 5) is 20.9. The van der Waals surface area contributed by atoms with Crippen molar-refractivity contribution < 1.29 is 4.79 Å². The molecule has 2 atom stereocenters. The van der Waals surface area contributed by atoms with Crippen LogP contribution in [0.2, 0.25) is 0 Å². The highest BCUT2D eigenvalue weighted by Crippen LogP contribution is 2.41. The Morgan fingerprint density at radius 1 is 1.35 bits per heavy atom. The van der Waals surface area contributed by atoms with E-state index in [-0.39, 0.29) is 18.1 Å². The summed E-state index contributed by atoms with van der Waals surface area (Å²) in [5.41, 5.74) is 2.01. The molecule has 0 radical (unpaired) electrons. The number of nitrogens with zero attached hydrogens (tertiary/aromatic N) is 2. The van der Waals surface area contributed by atoms with E-state index in [1.54, 1.807) is 23.7 Å². The molecule has 0 aromatic carbocycles. The monoisotopic (exact) mass is 330 g/mol. The van der Waals surface area contributed by atoms with E-state index in [4.69, 9.17) is 0 Å². The van der Waals surface area contributed by atoms with Crippen LogP contribution in [0, 0.1) is 0 Å². The lowest BCUT2D eigenvalue weighted by atomic mass is 10.1. The summed E-state index contributed by atoms with van der Waals surface area (Å²) >= 11 is 1.70. The van der Waals surface area contributed by atoms with Crippen molar-refractivity contribution >= 4 is 17.4 Å². The van der Waals surface area contributed by atoms with Gasteiger partial charge in [0.05, 0.1) is 22.8 Å². The van der Waals surface area contributed by atoms with Gasteiger partial charge in [0, 0.05) is 23.7 Å². The standard InChI is InChI=1S/C17H22N4OS/c1-3-14(12-6-8-18-9-7-12)21-17(22)19-11(2)15-10-23-16(20-15)13-4-5-13/h6-11,13-14H,3-5H2,1-2H3,(H2,19,21,22)/t11-,14-/m0/s1.